The third-order valence-electron chi connectivity index (χ3n) is 4.22. The number of aryl methyl sites for hydroxylation is 1. The molecule has 1 saturated heterocycles. The van der Waals surface area contributed by atoms with Gasteiger partial charge in [0.15, 0.2) is 5.78 Å². The number of Topliss-reactive ketones (excluding diaryl/α,β-unsaturated/α-hetero) is 1. The van der Waals surface area contributed by atoms with Crippen molar-refractivity contribution in [3.63, 3.8) is 0 Å². The molecule has 0 unspecified atom stereocenters. The van der Waals surface area contributed by atoms with Crippen molar-refractivity contribution in [1.82, 2.24) is 15.2 Å². The first-order valence-electron chi connectivity index (χ1n) is 8.20. The molecular formula is C17H23N3O5. The predicted molar refractivity (Wildman–Crippen MR) is 89.4 cm³/mol. The molecule has 1 aromatic heterocycles. The average molecular weight is 349 g/mol. The number of ether oxygens (including phenoxy) is 1. The smallest absolute Gasteiger partial charge is 0.340 e. The molecule has 3 amide bonds. The molecule has 1 atom stereocenters. The molecule has 0 bridgehead atoms. The highest BCUT2D eigenvalue weighted by Crippen LogP contribution is 2.21. The molecule has 0 radical (unpaired) electrons. The fourth-order valence-electron chi connectivity index (χ4n) is 2.90. The summed E-state index contributed by atoms with van der Waals surface area (Å²) in [5.41, 5.74) is 1.47. The van der Waals surface area contributed by atoms with E-state index in [1.165, 1.54) is 0 Å². The normalized spacial score (nSPS) is 17.2. The van der Waals surface area contributed by atoms with Crippen molar-refractivity contribution < 1.29 is 23.9 Å². The molecule has 1 fully saturated rings. The Morgan fingerprint density at radius 3 is 2.40 bits per heavy atom. The van der Waals surface area contributed by atoms with Crippen LogP contribution in [0.1, 0.15) is 52.9 Å². The predicted octanol–water partition coefficient (Wildman–Crippen LogP) is 1.57. The minimum Gasteiger partial charge on any atom is -0.462 e. The molecule has 1 aliphatic rings. The van der Waals surface area contributed by atoms with Crippen molar-refractivity contribution in [2.24, 2.45) is 5.92 Å². The summed E-state index contributed by atoms with van der Waals surface area (Å²) >= 11 is 0. The summed E-state index contributed by atoms with van der Waals surface area (Å²) in [6.45, 7) is 8.48. The van der Waals surface area contributed by atoms with Crippen molar-refractivity contribution in [2.75, 3.05) is 13.2 Å². The van der Waals surface area contributed by atoms with E-state index in [4.69, 9.17) is 4.74 Å². The van der Waals surface area contributed by atoms with Gasteiger partial charge in [-0.05, 0) is 32.3 Å². The van der Waals surface area contributed by atoms with Gasteiger partial charge in [-0.1, -0.05) is 13.8 Å². The largest absolute Gasteiger partial charge is 0.462 e. The van der Waals surface area contributed by atoms with Gasteiger partial charge < -0.3 is 15.0 Å². The number of nitrogens with one attached hydrogen (secondary N) is 2. The quantitative estimate of drug-likeness (QED) is 0.460. The second-order valence-electron chi connectivity index (χ2n) is 6.36. The zero-order valence-corrected chi connectivity index (χ0v) is 15.1. The second kappa shape index (κ2) is 7.08. The van der Waals surface area contributed by atoms with Crippen molar-refractivity contribution in [1.29, 1.82) is 0 Å². The summed E-state index contributed by atoms with van der Waals surface area (Å²) in [5, 5.41) is 2.58. The SMILES string of the molecule is CCOC(=O)c1c(C)[nH]c(C(=O)CN2C(=O)N[C@H](C(C)C)C2=O)c1C. The number of amides is 3. The molecule has 1 aliphatic heterocycles. The number of nitrogens with zero attached hydrogens (tertiary/aromatic N) is 1. The maximum Gasteiger partial charge on any atom is 0.340 e. The van der Waals surface area contributed by atoms with Crippen LogP contribution in [0.25, 0.3) is 0 Å². The minimum atomic E-state index is -0.623. The van der Waals surface area contributed by atoms with Gasteiger partial charge in [0, 0.05) is 5.69 Å². The molecule has 8 heteroatoms. The molecule has 2 heterocycles. The Kier molecular flexibility index (Phi) is 5.30. The Hall–Kier alpha value is -2.64. The maximum absolute atomic E-state index is 12.6. The van der Waals surface area contributed by atoms with Crippen molar-refractivity contribution in [3.05, 3.63) is 22.5 Å². The summed E-state index contributed by atoms with van der Waals surface area (Å²) < 4.78 is 4.99. The van der Waals surface area contributed by atoms with E-state index in [1.807, 2.05) is 13.8 Å². The van der Waals surface area contributed by atoms with E-state index in [0.29, 0.717) is 16.8 Å². The van der Waals surface area contributed by atoms with E-state index >= 15 is 0 Å². The van der Waals surface area contributed by atoms with Gasteiger partial charge in [0.05, 0.1) is 24.4 Å². The monoisotopic (exact) mass is 349 g/mol. The van der Waals surface area contributed by atoms with Crippen LogP contribution >= 0.6 is 0 Å². The Morgan fingerprint density at radius 1 is 1.24 bits per heavy atom. The molecular weight excluding hydrogens is 326 g/mol. The van der Waals surface area contributed by atoms with E-state index in [9.17, 15) is 19.2 Å². The van der Waals surface area contributed by atoms with E-state index in [2.05, 4.69) is 10.3 Å². The fraction of sp³-hybridized carbons (Fsp3) is 0.529. The first-order valence-corrected chi connectivity index (χ1v) is 8.20. The first kappa shape index (κ1) is 18.7. The number of ketones is 1. The molecule has 136 valence electrons. The van der Waals surface area contributed by atoms with Gasteiger partial charge in [-0.2, -0.15) is 0 Å². The van der Waals surface area contributed by atoms with Crippen LogP contribution in [-0.2, 0) is 9.53 Å². The van der Waals surface area contributed by atoms with Gasteiger partial charge in [0.25, 0.3) is 5.91 Å². The van der Waals surface area contributed by atoms with E-state index in [0.717, 1.165) is 4.90 Å². The fourth-order valence-corrected chi connectivity index (χ4v) is 2.90. The van der Waals surface area contributed by atoms with E-state index < -0.39 is 29.7 Å². The van der Waals surface area contributed by atoms with Crippen LogP contribution in [0, 0.1) is 19.8 Å². The lowest BCUT2D eigenvalue weighted by molar-refractivity contribution is -0.128. The molecule has 0 aliphatic carbocycles. The summed E-state index contributed by atoms with van der Waals surface area (Å²) in [6.07, 6.45) is 0. The Labute approximate surface area is 145 Å². The van der Waals surface area contributed by atoms with Crippen LogP contribution in [0.2, 0.25) is 0 Å². The van der Waals surface area contributed by atoms with Gasteiger partial charge >= 0.3 is 12.0 Å². The number of rotatable bonds is 6. The van der Waals surface area contributed by atoms with E-state index in [-0.39, 0.29) is 24.8 Å². The molecule has 25 heavy (non-hydrogen) atoms. The minimum absolute atomic E-state index is 0.0681. The molecule has 1 aromatic rings. The van der Waals surface area contributed by atoms with Crippen LogP contribution in [0.3, 0.4) is 0 Å². The highest BCUT2D eigenvalue weighted by Gasteiger charge is 2.40. The lowest BCUT2D eigenvalue weighted by Gasteiger charge is -2.13. The van der Waals surface area contributed by atoms with E-state index in [1.54, 1.807) is 20.8 Å². The maximum atomic E-state index is 12.6. The Balaban J connectivity index is 2.22. The number of hydrogen-bond acceptors (Lipinski definition) is 5. The number of imide groups is 1. The van der Waals surface area contributed by atoms with Gasteiger partial charge in [-0.25, -0.2) is 9.59 Å². The van der Waals surface area contributed by atoms with Crippen LogP contribution in [0.15, 0.2) is 0 Å². The number of H-pyrrole nitrogens is 1. The first-order chi connectivity index (χ1) is 11.7. The number of carbonyl (C=O) groups excluding carboxylic acids is 4. The highest BCUT2D eigenvalue weighted by molar-refractivity contribution is 6.10. The third kappa shape index (κ3) is 3.42. The van der Waals surface area contributed by atoms with Gasteiger partial charge in [0.1, 0.15) is 6.04 Å². The van der Waals surface area contributed by atoms with Crippen molar-refractivity contribution in [3.8, 4) is 0 Å². The molecule has 0 spiro atoms. The molecule has 2 rings (SSSR count). The Morgan fingerprint density at radius 2 is 1.88 bits per heavy atom. The summed E-state index contributed by atoms with van der Waals surface area (Å²) in [5.74, 6) is -1.44. The lowest BCUT2D eigenvalue weighted by Crippen LogP contribution is -2.37. The highest BCUT2D eigenvalue weighted by atomic mass is 16.5. The number of aromatic nitrogens is 1. The standard InChI is InChI=1S/C17H23N3O5/c1-6-25-16(23)12-9(4)14(18-10(12)5)11(21)7-20-15(22)13(8(2)3)19-17(20)24/h8,13,18H,6-7H2,1-5H3,(H,19,24)/t13-/m1/s1. The van der Waals surface area contributed by atoms with Gasteiger partial charge in [-0.15, -0.1) is 0 Å². The number of hydrogen-bond donors (Lipinski definition) is 2. The number of esters is 1. The second-order valence-corrected chi connectivity index (χ2v) is 6.36. The molecule has 0 saturated carbocycles. The third-order valence-corrected chi connectivity index (χ3v) is 4.22. The van der Waals surface area contributed by atoms with Crippen LogP contribution in [0.5, 0.6) is 0 Å². The van der Waals surface area contributed by atoms with Crippen molar-refractivity contribution in [2.45, 2.75) is 40.7 Å². The molecule has 8 nitrogen and oxygen atoms in total. The van der Waals surface area contributed by atoms with Gasteiger partial charge in [0.2, 0.25) is 0 Å². The molecule has 0 aromatic carbocycles. The van der Waals surface area contributed by atoms with Gasteiger partial charge in [-0.3, -0.25) is 14.5 Å². The summed E-state index contributed by atoms with van der Waals surface area (Å²) in [7, 11) is 0. The summed E-state index contributed by atoms with van der Waals surface area (Å²) in [6, 6.07) is -1.20. The molecule has 2 N–H and O–H groups in total. The number of aromatic amines is 1. The number of urea groups is 1. The Bertz CT molecular complexity index is 735. The zero-order chi connectivity index (χ0) is 18.9. The summed E-state index contributed by atoms with van der Waals surface area (Å²) in [4.78, 5) is 52.6. The van der Waals surface area contributed by atoms with Crippen LogP contribution in [0.4, 0.5) is 4.79 Å². The lowest BCUT2D eigenvalue weighted by atomic mass is 10.0. The van der Waals surface area contributed by atoms with Crippen LogP contribution in [-0.4, -0.2) is 52.8 Å². The van der Waals surface area contributed by atoms with Crippen LogP contribution < -0.4 is 5.32 Å². The number of carbonyl (C=O) groups is 4. The average Bonchev–Trinajstić information content (AvgIpc) is 2.98. The topological polar surface area (TPSA) is 109 Å². The van der Waals surface area contributed by atoms with Crippen molar-refractivity contribution >= 4 is 23.7 Å². The zero-order valence-electron chi connectivity index (χ0n) is 15.1.